The summed E-state index contributed by atoms with van der Waals surface area (Å²) in [5.74, 6) is 0. The number of hydrogen-bond donors (Lipinski definition) is 2. The Bertz CT molecular complexity index is 170. The Hall–Kier alpha value is -0.280. The zero-order chi connectivity index (χ0) is 6.91. The number of nitrogens with two attached hydrogens (primary N) is 2. The minimum atomic E-state index is -0.178. The number of rotatable bonds is 0. The van der Waals surface area contributed by atoms with Gasteiger partial charge in [-0.05, 0) is 19.4 Å². The zero-order valence-electron chi connectivity index (χ0n) is 6.00. The smallest absolute Gasteiger partial charge is 0.0350 e. The van der Waals surface area contributed by atoms with Gasteiger partial charge in [0.25, 0.3) is 0 Å². The van der Waals surface area contributed by atoms with Crippen LogP contribution in [0.1, 0.15) is 13.3 Å². The summed E-state index contributed by atoms with van der Waals surface area (Å²) in [5, 5.41) is 0. The molecular formula is C7H13BrN2. The number of allylic oxidation sites excluding steroid dienone is 1. The molecule has 0 fully saturated rings. The van der Waals surface area contributed by atoms with Crippen molar-refractivity contribution in [3.8, 4) is 0 Å². The van der Waals surface area contributed by atoms with E-state index in [1.54, 1.807) is 0 Å². The van der Waals surface area contributed by atoms with E-state index in [1.807, 2.05) is 25.2 Å². The highest BCUT2D eigenvalue weighted by molar-refractivity contribution is 8.93. The van der Waals surface area contributed by atoms with E-state index in [1.165, 1.54) is 0 Å². The van der Waals surface area contributed by atoms with Crippen molar-refractivity contribution in [1.82, 2.24) is 0 Å². The molecule has 0 heterocycles. The van der Waals surface area contributed by atoms with Crippen LogP contribution in [0.3, 0.4) is 0 Å². The molecule has 1 unspecified atom stereocenters. The summed E-state index contributed by atoms with van der Waals surface area (Å²) in [6.07, 6.45) is 6.57. The molecule has 0 aromatic carbocycles. The van der Waals surface area contributed by atoms with E-state index >= 15 is 0 Å². The zero-order valence-corrected chi connectivity index (χ0v) is 7.72. The Morgan fingerprint density at radius 2 is 2.20 bits per heavy atom. The van der Waals surface area contributed by atoms with Crippen LogP contribution >= 0.6 is 17.0 Å². The van der Waals surface area contributed by atoms with Crippen molar-refractivity contribution in [2.24, 2.45) is 11.5 Å². The molecule has 1 atom stereocenters. The molecule has 0 aliphatic heterocycles. The first kappa shape index (κ1) is 9.72. The molecule has 0 spiro atoms. The van der Waals surface area contributed by atoms with Crippen molar-refractivity contribution in [1.29, 1.82) is 0 Å². The molecule has 2 nitrogen and oxygen atoms in total. The summed E-state index contributed by atoms with van der Waals surface area (Å²) in [4.78, 5) is 0. The molecule has 0 radical (unpaired) electrons. The van der Waals surface area contributed by atoms with E-state index in [2.05, 4.69) is 0 Å². The normalized spacial score (nSPS) is 30.8. The largest absolute Gasteiger partial charge is 0.399 e. The Morgan fingerprint density at radius 3 is 2.50 bits per heavy atom. The third kappa shape index (κ3) is 2.54. The lowest BCUT2D eigenvalue weighted by Gasteiger charge is -2.21. The Balaban J connectivity index is 0.000000810. The maximum Gasteiger partial charge on any atom is 0.0350 e. The van der Waals surface area contributed by atoms with E-state index in [0.717, 1.165) is 12.1 Å². The highest BCUT2D eigenvalue weighted by Crippen LogP contribution is 2.14. The lowest BCUT2D eigenvalue weighted by atomic mass is 9.94. The van der Waals surface area contributed by atoms with Gasteiger partial charge in [0.15, 0.2) is 0 Å². The Morgan fingerprint density at radius 1 is 1.60 bits per heavy atom. The summed E-state index contributed by atoms with van der Waals surface area (Å²) in [5.41, 5.74) is 11.9. The van der Waals surface area contributed by atoms with Crippen molar-refractivity contribution in [2.45, 2.75) is 18.9 Å². The van der Waals surface area contributed by atoms with Gasteiger partial charge in [0.05, 0.1) is 0 Å². The summed E-state index contributed by atoms with van der Waals surface area (Å²) < 4.78 is 0. The van der Waals surface area contributed by atoms with E-state index < -0.39 is 0 Å². The van der Waals surface area contributed by atoms with Crippen molar-refractivity contribution in [2.75, 3.05) is 0 Å². The van der Waals surface area contributed by atoms with Gasteiger partial charge >= 0.3 is 0 Å². The van der Waals surface area contributed by atoms with Crippen LogP contribution in [0.5, 0.6) is 0 Å². The minimum Gasteiger partial charge on any atom is -0.399 e. The van der Waals surface area contributed by atoms with Crippen molar-refractivity contribution < 1.29 is 0 Å². The summed E-state index contributed by atoms with van der Waals surface area (Å²) in [6.45, 7) is 1.98. The van der Waals surface area contributed by atoms with Gasteiger partial charge in [-0.2, -0.15) is 0 Å². The summed E-state index contributed by atoms with van der Waals surface area (Å²) >= 11 is 0. The molecule has 1 aliphatic rings. The van der Waals surface area contributed by atoms with Gasteiger partial charge in [-0.1, -0.05) is 12.2 Å². The van der Waals surface area contributed by atoms with Crippen molar-refractivity contribution in [3.63, 3.8) is 0 Å². The van der Waals surface area contributed by atoms with Crippen molar-refractivity contribution in [3.05, 3.63) is 23.9 Å². The lowest BCUT2D eigenvalue weighted by molar-refractivity contribution is 0.586. The molecule has 1 rings (SSSR count). The molecule has 0 amide bonds. The quantitative estimate of drug-likeness (QED) is 0.621. The first-order chi connectivity index (χ1) is 4.10. The molecule has 4 N–H and O–H groups in total. The van der Waals surface area contributed by atoms with Gasteiger partial charge in [0, 0.05) is 11.2 Å². The average Bonchev–Trinajstić information content (AvgIpc) is 1.78. The number of hydrogen-bond acceptors (Lipinski definition) is 2. The topological polar surface area (TPSA) is 52.0 Å². The van der Waals surface area contributed by atoms with Gasteiger partial charge in [-0.15, -0.1) is 17.0 Å². The molecule has 0 saturated carbocycles. The molecule has 0 aromatic rings. The van der Waals surface area contributed by atoms with Crippen molar-refractivity contribution >= 4 is 17.0 Å². The predicted molar refractivity (Wildman–Crippen MR) is 48.9 cm³/mol. The van der Waals surface area contributed by atoms with E-state index in [-0.39, 0.29) is 22.5 Å². The van der Waals surface area contributed by atoms with Crippen LogP contribution in [0.2, 0.25) is 0 Å². The van der Waals surface area contributed by atoms with Gasteiger partial charge < -0.3 is 11.5 Å². The summed E-state index contributed by atoms with van der Waals surface area (Å²) in [6, 6.07) is 0. The Labute approximate surface area is 71.7 Å². The highest BCUT2D eigenvalue weighted by Gasteiger charge is 2.14. The maximum absolute atomic E-state index is 5.75. The fourth-order valence-electron chi connectivity index (χ4n) is 0.760. The molecule has 0 bridgehead atoms. The molecule has 3 heteroatoms. The van der Waals surface area contributed by atoms with E-state index in [0.29, 0.717) is 0 Å². The van der Waals surface area contributed by atoms with Gasteiger partial charge in [-0.3, -0.25) is 0 Å². The highest BCUT2D eigenvalue weighted by atomic mass is 79.9. The lowest BCUT2D eigenvalue weighted by Crippen LogP contribution is -2.34. The second kappa shape index (κ2) is 3.21. The monoisotopic (exact) mass is 204 g/mol. The first-order valence-electron chi connectivity index (χ1n) is 3.04. The van der Waals surface area contributed by atoms with Crippen LogP contribution in [0.25, 0.3) is 0 Å². The molecule has 10 heavy (non-hydrogen) atoms. The summed E-state index contributed by atoms with van der Waals surface area (Å²) in [7, 11) is 0. The molecule has 1 aliphatic carbocycles. The third-order valence-electron chi connectivity index (χ3n) is 1.43. The fraction of sp³-hybridized carbons (Fsp3) is 0.429. The standard InChI is InChI=1S/C7H12N2.BrH/c1-7(9)4-2-6(8)3-5-7;/h2-4H,5,8-9H2,1H3;1H. The second-order valence-corrected chi connectivity index (χ2v) is 2.75. The maximum atomic E-state index is 5.75. The second-order valence-electron chi connectivity index (χ2n) is 2.75. The van der Waals surface area contributed by atoms with Crippen LogP contribution in [0, 0.1) is 0 Å². The van der Waals surface area contributed by atoms with Crippen LogP contribution in [0.4, 0.5) is 0 Å². The number of halogens is 1. The van der Waals surface area contributed by atoms with Crippen LogP contribution in [-0.4, -0.2) is 5.54 Å². The van der Waals surface area contributed by atoms with Crippen LogP contribution in [0.15, 0.2) is 23.9 Å². The van der Waals surface area contributed by atoms with Gasteiger partial charge in [-0.25, -0.2) is 0 Å². The molecular weight excluding hydrogens is 192 g/mol. The SMILES string of the molecule is Br.CC1(N)C=CC(N)=CC1. The van der Waals surface area contributed by atoms with Gasteiger partial charge in [0.1, 0.15) is 0 Å². The van der Waals surface area contributed by atoms with E-state index in [4.69, 9.17) is 11.5 Å². The average molecular weight is 205 g/mol. The molecule has 58 valence electrons. The van der Waals surface area contributed by atoms with E-state index in [9.17, 15) is 0 Å². The predicted octanol–water partition coefficient (Wildman–Crippen LogP) is 1.08. The van der Waals surface area contributed by atoms with Crippen LogP contribution in [-0.2, 0) is 0 Å². The first-order valence-corrected chi connectivity index (χ1v) is 3.04. The minimum absolute atomic E-state index is 0. The van der Waals surface area contributed by atoms with Crippen LogP contribution < -0.4 is 11.5 Å². The molecule has 0 saturated heterocycles. The fourth-order valence-corrected chi connectivity index (χ4v) is 0.760. The van der Waals surface area contributed by atoms with Gasteiger partial charge in [0.2, 0.25) is 0 Å². The Kier molecular flexibility index (Phi) is 3.12. The molecule has 0 aromatic heterocycles. The third-order valence-corrected chi connectivity index (χ3v) is 1.43.